The molecule has 1 aromatic rings. The summed E-state index contributed by atoms with van der Waals surface area (Å²) in [6.45, 7) is 6.06. The molecule has 5 nitrogen and oxygen atoms in total. The molecule has 0 aromatic heterocycles. The number of carbonyl (C=O) groups excluding carboxylic acids is 2. The molecular weight excluding hydrogens is 414 g/mol. The van der Waals surface area contributed by atoms with Gasteiger partial charge in [-0.15, -0.1) is 6.42 Å². The highest BCUT2D eigenvalue weighted by Gasteiger charge is 2.49. The molecule has 2 fully saturated rings. The Morgan fingerprint density at radius 2 is 1.79 bits per heavy atom. The number of carbonyl (C=O) groups is 2. The quantitative estimate of drug-likeness (QED) is 0.389. The van der Waals surface area contributed by atoms with Crippen molar-refractivity contribution in [3.8, 4) is 23.5 Å². The monoisotopic (exact) mass is 445 g/mol. The topological polar surface area (TPSA) is 55.8 Å². The molecule has 1 amide bonds. The molecule has 1 aromatic carbocycles. The normalized spacial score (nSPS) is 24.0. The maximum Gasteiger partial charge on any atom is 0.410 e. The smallest absolute Gasteiger partial charge is 0.410 e. The largest absolute Gasteiger partial charge is 0.458 e. The number of benzene rings is 2. The van der Waals surface area contributed by atoms with Gasteiger partial charge in [-0.25, -0.2) is 9.59 Å². The number of fused-ring (bicyclic) bond motifs is 2. The third-order valence-corrected chi connectivity index (χ3v) is 6.98. The van der Waals surface area contributed by atoms with E-state index in [4.69, 9.17) is 15.9 Å². The van der Waals surface area contributed by atoms with Crippen molar-refractivity contribution in [2.75, 3.05) is 7.11 Å². The van der Waals surface area contributed by atoms with Crippen LogP contribution in [-0.4, -0.2) is 42.3 Å². The number of amides is 1. The molecule has 1 aliphatic heterocycles. The number of nitrogens with zero attached hydrogens (tertiary/aromatic N) is 1. The van der Waals surface area contributed by atoms with Gasteiger partial charge in [0.15, 0.2) is 0 Å². The minimum Gasteiger partial charge on any atom is -0.458 e. The van der Waals surface area contributed by atoms with Crippen LogP contribution in [0.4, 0.5) is 4.79 Å². The van der Waals surface area contributed by atoms with E-state index in [2.05, 4.69) is 31.0 Å². The lowest BCUT2D eigenvalue weighted by atomic mass is 9.82. The van der Waals surface area contributed by atoms with Crippen LogP contribution in [0.25, 0.3) is 11.1 Å². The van der Waals surface area contributed by atoms with Crippen molar-refractivity contribution in [1.29, 1.82) is 0 Å². The fourth-order valence-corrected chi connectivity index (χ4v) is 5.40. The van der Waals surface area contributed by atoms with Gasteiger partial charge in [0.25, 0.3) is 0 Å². The molecule has 172 valence electrons. The predicted octanol–water partition coefficient (Wildman–Crippen LogP) is 5.45. The zero-order valence-electron chi connectivity index (χ0n) is 19.8. The third-order valence-electron chi connectivity index (χ3n) is 6.98. The summed E-state index contributed by atoms with van der Waals surface area (Å²) in [5.41, 5.74) is 6.99. The number of terminal acetylenes is 1. The molecule has 0 bridgehead atoms. The van der Waals surface area contributed by atoms with Gasteiger partial charge < -0.3 is 9.47 Å². The fourth-order valence-electron chi connectivity index (χ4n) is 5.40. The van der Waals surface area contributed by atoms with Gasteiger partial charge in [-0.05, 0) is 75.3 Å². The van der Waals surface area contributed by atoms with Crippen molar-refractivity contribution >= 4 is 12.1 Å². The number of hydrogen-bond donors (Lipinski definition) is 0. The lowest BCUT2D eigenvalue weighted by Crippen LogP contribution is -2.46. The van der Waals surface area contributed by atoms with E-state index in [0.717, 1.165) is 30.4 Å². The van der Waals surface area contributed by atoms with Gasteiger partial charge in [-0.2, -0.15) is 0 Å². The molecule has 33 heavy (non-hydrogen) atoms. The average Bonchev–Trinajstić information content (AvgIpc) is 3.16. The molecule has 3 aliphatic carbocycles. The maximum atomic E-state index is 12.7. The lowest BCUT2D eigenvalue weighted by Gasteiger charge is -2.36. The summed E-state index contributed by atoms with van der Waals surface area (Å²) in [5, 5.41) is 0. The molecule has 4 atom stereocenters. The number of ether oxygens (including phenoxy) is 2. The van der Waals surface area contributed by atoms with E-state index in [1.165, 1.54) is 23.8 Å². The minimum atomic E-state index is -0.401. The second-order valence-corrected chi connectivity index (χ2v) is 9.31. The molecule has 1 saturated carbocycles. The summed E-state index contributed by atoms with van der Waals surface area (Å²) < 4.78 is 10.8. The number of rotatable bonds is 2. The summed E-state index contributed by atoms with van der Waals surface area (Å²) in [7, 11) is 1.36. The average molecular weight is 446 g/mol. The van der Waals surface area contributed by atoms with Crippen molar-refractivity contribution in [2.24, 2.45) is 5.92 Å². The summed E-state index contributed by atoms with van der Waals surface area (Å²) in [6, 6.07) is 11.9. The van der Waals surface area contributed by atoms with Crippen LogP contribution >= 0.6 is 0 Å². The first-order valence-corrected chi connectivity index (χ1v) is 11.5. The molecule has 0 spiro atoms. The number of likely N-dealkylation sites (tertiary alicyclic amines) is 1. The molecule has 5 heteroatoms. The van der Waals surface area contributed by atoms with Crippen LogP contribution in [0.3, 0.4) is 0 Å². The Kier molecular flexibility index (Phi) is 6.47. The van der Waals surface area contributed by atoms with Crippen molar-refractivity contribution in [2.45, 2.75) is 64.6 Å². The van der Waals surface area contributed by atoms with Crippen molar-refractivity contribution in [3.05, 3.63) is 58.7 Å². The Balaban J connectivity index is 0.000000310. The molecule has 1 unspecified atom stereocenters. The summed E-state index contributed by atoms with van der Waals surface area (Å²) in [5.74, 6) is 2.44. The van der Waals surface area contributed by atoms with Gasteiger partial charge in [0.1, 0.15) is 6.10 Å². The van der Waals surface area contributed by atoms with Crippen LogP contribution in [-0.2, 0) is 9.47 Å². The van der Waals surface area contributed by atoms with E-state index in [1.54, 1.807) is 4.90 Å². The van der Waals surface area contributed by atoms with E-state index in [9.17, 15) is 9.59 Å². The fraction of sp³-hybridized carbons (Fsp3) is 0.429. The number of hydrogen-bond acceptors (Lipinski definition) is 4. The highest BCUT2D eigenvalue weighted by atomic mass is 16.5. The summed E-state index contributed by atoms with van der Waals surface area (Å²) >= 11 is 0. The first kappa shape index (κ1) is 22.9. The van der Waals surface area contributed by atoms with Crippen molar-refractivity contribution in [3.63, 3.8) is 0 Å². The Labute approximate surface area is 196 Å². The van der Waals surface area contributed by atoms with Crippen molar-refractivity contribution < 1.29 is 19.1 Å². The van der Waals surface area contributed by atoms with E-state index in [0.29, 0.717) is 12.0 Å². The predicted molar refractivity (Wildman–Crippen MR) is 128 cm³/mol. The molecular formula is C28H31NO4. The van der Waals surface area contributed by atoms with Gasteiger partial charge >= 0.3 is 12.1 Å². The molecule has 1 saturated heterocycles. The van der Waals surface area contributed by atoms with Crippen LogP contribution in [0.2, 0.25) is 0 Å². The highest BCUT2D eigenvalue weighted by Crippen LogP contribution is 2.41. The van der Waals surface area contributed by atoms with Gasteiger partial charge in [0, 0.05) is 12.0 Å². The third kappa shape index (κ3) is 4.48. The number of aryl methyl sites for hydroxylation is 3. The Hall–Kier alpha value is -3.26. The Morgan fingerprint density at radius 3 is 2.27 bits per heavy atom. The first-order chi connectivity index (χ1) is 15.8. The van der Waals surface area contributed by atoms with Crippen LogP contribution < -0.4 is 0 Å². The van der Waals surface area contributed by atoms with E-state index >= 15 is 0 Å². The van der Waals surface area contributed by atoms with Crippen molar-refractivity contribution in [1.82, 2.24) is 4.90 Å². The molecule has 0 N–H and O–H groups in total. The molecule has 1 heterocycles. The lowest BCUT2D eigenvalue weighted by molar-refractivity contribution is -0.00730. The minimum absolute atomic E-state index is 0.0331. The van der Waals surface area contributed by atoms with Crippen LogP contribution in [0.5, 0.6) is 0 Å². The van der Waals surface area contributed by atoms with E-state index in [1.807, 2.05) is 32.0 Å². The van der Waals surface area contributed by atoms with Crippen LogP contribution in [0.1, 0.15) is 52.7 Å². The van der Waals surface area contributed by atoms with E-state index in [-0.39, 0.29) is 30.1 Å². The van der Waals surface area contributed by atoms with Gasteiger partial charge in [0.2, 0.25) is 0 Å². The second kappa shape index (κ2) is 9.31. The summed E-state index contributed by atoms with van der Waals surface area (Å²) in [6.07, 6.45) is 8.18. The summed E-state index contributed by atoms with van der Waals surface area (Å²) in [4.78, 5) is 26.5. The molecule has 5 rings (SSSR count). The van der Waals surface area contributed by atoms with Gasteiger partial charge in [-0.1, -0.05) is 41.3 Å². The van der Waals surface area contributed by atoms with E-state index < -0.39 is 6.09 Å². The van der Waals surface area contributed by atoms with Crippen LogP contribution in [0, 0.1) is 39.0 Å². The van der Waals surface area contributed by atoms with Gasteiger partial charge in [0.05, 0.1) is 18.7 Å². The maximum absolute atomic E-state index is 12.7. The number of methoxy groups -OCH3 is 1. The van der Waals surface area contributed by atoms with Gasteiger partial charge in [-0.3, -0.25) is 4.90 Å². The highest BCUT2D eigenvalue weighted by molar-refractivity contribution is 5.90. The first-order valence-electron chi connectivity index (χ1n) is 11.5. The second-order valence-electron chi connectivity index (χ2n) is 9.31. The van der Waals surface area contributed by atoms with Crippen LogP contribution in [0.15, 0.2) is 36.4 Å². The molecule has 0 radical (unpaired) electrons. The standard InChI is InChI=1S/C21H25NO4.C7H6/c1-5-16-12-17-18(22(16)21(24)25-4)7-6-8-19(17)26-20(23)15-10-13(2)9-14(3)11-15;1-5-4-6-2-3-7(5)6/h1,9-11,16-19H,6-8,12H2,2-4H3;2-4H,1H3/t16?,17-,18-,19+;/m1./s1. The Bertz CT molecular complexity index is 1100. The zero-order chi connectivity index (χ0) is 23.7. The zero-order valence-corrected chi connectivity index (χ0v) is 19.8. The SMILES string of the molecule is C#CC1C[C@H]2[C@@H](OC(=O)c3cc(C)cc(C)c3)CCC[C@H]2N1C(=O)OC.Cc1cc2ccc1-2. The number of esters is 1. The molecule has 4 aliphatic rings. The Morgan fingerprint density at radius 1 is 1.06 bits per heavy atom.